The molecule has 4 unspecified atom stereocenters. The van der Waals surface area contributed by atoms with Crippen molar-refractivity contribution in [2.45, 2.75) is 62.5 Å². The lowest BCUT2D eigenvalue weighted by atomic mass is 9.90. The number of hydrogen-bond donors (Lipinski definition) is 1. The second-order valence-electron chi connectivity index (χ2n) is 6.04. The van der Waals surface area contributed by atoms with Crippen molar-refractivity contribution in [3.63, 3.8) is 0 Å². The van der Waals surface area contributed by atoms with Gasteiger partial charge in [0.05, 0.1) is 0 Å². The summed E-state index contributed by atoms with van der Waals surface area (Å²) in [4.78, 5) is 0. The number of rotatable bonds is 5. The Kier molecular flexibility index (Phi) is 6.44. The van der Waals surface area contributed by atoms with Crippen LogP contribution in [0.1, 0.15) is 56.8 Å². The molecule has 1 aliphatic rings. The standard InChI is InChI=1S/C17H26BrNS/c1-3-16(19)17(14-9-4-5-10-15(14)18)20-13-8-6-7-12(2)11-13/h4-5,9-10,12-13,16-17H,3,6-8,11,19H2,1-2H3. The monoisotopic (exact) mass is 355 g/mol. The lowest BCUT2D eigenvalue weighted by Gasteiger charge is -2.32. The molecule has 3 heteroatoms. The molecule has 1 aliphatic carbocycles. The van der Waals surface area contributed by atoms with E-state index >= 15 is 0 Å². The van der Waals surface area contributed by atoms with E-state index in [-0.39, 0.29) is 6.04 Å². The second kappa shape index (κ2) is 7.86. The summed E-state index contributed by atoms with van der Waals surface area (Å²) < 4.78 is 1.20. The smallest absolute Gasteiger partial charge is 0.0462 e. The molecule has 0 aliphatic heterocycles. The van der Waals surface area contributed by atoms with Crippen LogP contribution in [0.2, 0.25) is 0 Å². The Balaban J connectivity index is 2.14. The van der Waals surface area contributed by atoms with Crippen LogP contribution in [0.5, 0.6) is 0 Å². The van der Waals surface area contributed by atoms with Crippen LogP contribution >= 0.6 is 27.7 Å². The second-order valence-corrected chi connectivity index (χ2v) is 8.35. The number of hydrogen-bond acceptors (Lipinski definition) is 2. The first-order valence-electron chi connectivity index (χ1n) is 7.77. The molecule has 0 amide bonds. The van der Waals surface area contributed by atoms with Crippen molar-refractivity contribution in [2.75, 3.05) is 0 Å². The van der Waals surface area contributed by atoms with Crippen molar-refractivity contribution in [1.82, 2.24) is 0 Å². The average Bonchev–Trinajstić information content (AvgIpc) is 2.45. The zero-order chi connectivity index (χ0) is 14.5. The molecule has 1 aromatic rings. The van der Waals surface area contributed by atoms with Crippen LogP contribution < -0.4 is 5.73 Å². The van der Waals surface area contributed by atoms with Crippen molar-refractivity contribution >= 4 is 27.7 Å². The van der Waals surface area contributed by atoms with E-state index in [2.05, 4.69) is 65.8 Å². The van der Waals surface area contributed by atoms with Gasteiger partial charge in [0.1, 0.15) is 0 Å². The molecule has 2 rings (SSSR count). The van der Waals surface area contributed by atoms with Crippen molar-refractivity contribution < 1.29 is 0 Å². The summed E-state index contributed by atoms with van der Waals surface area (Å²) in [6.45, 7) is 4.58. The highest BCUT2D eigenvalue weighted by molar-refractivity contribution is 9.10. The van der Waals surface area contributed by atoms with Crippen LogP contribution in [0.4, 0.5) is 0 Å². The number of halogens is 1. The zero-order valence-electron chi connectivity index (χ0n) is 12.5. The molecule has 4 atom stereocenters. The van der Waals surface area contributed by atoms with Crippen LogP contribution in [-0.2, 0) is 0 Å². The molecule has 2 N–H and O–H groups in total. The molecular formula is C17H26BrNS. The molecule has 0 aromatic heterocycles. The van der Waals surface area contributed by atoms with Crippen molar-refractivity contribution in [3.05, 3.63) is 34.3 Å². The van der Waals surface area contributed by atoms with E-state index in [1.165, 1.54) is 35.7 Å². The highest BCUT2D eigenvalue weighted by Crippen LogP contribution is 2.43. The maximum absolute atomic E-state index is 6.43. The Morgan fingerprint density at radius 1 is 1.35 bits per heavy atom. The molecule has 0 spiro atoms. The van der Waals surface area contributed by atoms with E-state index in [0.29, 0.717) is 5.25 Å². The third-order valence-electron chi connectivity index (χ3n) is 4.30. The SMILES string of the molecule is CCC(N)C(SC1CCCC(C)C1)c1ccccc1Br. The fourth-order valence-corrected chi connectivity index (χ4v) is 5.62. The molecule has 1 fully saturated rings. The Morgan fingerprint density at radius 3 is 2.75 bits per heavy atom. The molecule has 0 heterocycles. The Labute approximate surface area is 136 Å². The van der Waals surface area contributed by atoms with E-state index in [9.17, 15) is 0 Å². The molecule has 0 saturated heterocycles. The first-order chi connectivity index (χ1) is 9.61. The maximum atomic E-state index is 6.43. The van der Waals surface area contributed by atoms with Gasteiger partial charge in [0.25, 0.3) is 0 Å². The van der Waals surface area contributed by atoms with E-state index in [0.717, 1.165) is 17.6 Å². The van der Waals surface area contributed by atoms with E-state index in [4.69, 9.17) is 5.73 Å². The summed E-state index contributed by atoms with van der Waals surface area (Å²) in [6, 6.07) is 8.80. The van der Waals surface area contributed by atoms with Crippen molar-refractivity contribution in [3.8, 4) is 0 Å². The van der Waals surface area contributed by atoms with E-state index < -0.39 is 0 Å². The summed E-state index contributed by atoms with van der Waals surface area (Å²) >= 11 is 5.82. The van der Waals surface area contributed by atoms with Gasteiger partial charge in [-0.25, -0.2) is 0 Å². The Hall–Kier alpha value is 0.01000. The first-order valence-corrected chi connectivity index (χ1v) is 9.50. The van der Waals surface area contributed by atoms with Crippen LogP contribution in [0.3, 0.4) is 0 Å². The predicted octanol–water partition coefficient (Wildman–Crippen LogP) is 5.54. The van der Waals surface area contributed by atoms with Gasteiger partial charge in [0, 0.05) is 21.0 Å². The quantitative estimate of drug-likeness (QED) is 0.750. The molecule has 1 nitrogen and oxygen atoms in total. The van der Waals surface area contributed by atoms with Gasteiger partial charge in [0.15, 0.2) is 0 Å². The van der Waals surface area contributed by atoms with E-state index in [1.54, 1.807) is 0 Å². The van der Waals surface area contributed by atoms with Gasteiger partial charge < -0.3 is 5.73 Å². The van der Waals surface area contributed by atoms with Crippen molar-refractivity contribution in [2.24, 2.45) is 11.7 Å². The summed E-state index contributed by atoms with van der Waals surface area (Å²) in [5.41, 5.74) is 7.79. The fourth-order valence-electron chi connectivity index (χ4n) is 3.03. The van der Waals surface area contributed by atoms with Gasteiger partial charge in [-0.15, -0.1) is 11.8 Å². The molecule has 0 radical (unpaired) electrons. The first kappa shape index (κ1) is 16.4. The topological polar surface area (TPSA) is 26.0 Å². The van der Waals surface area contributed by atoms with Crippen LogP contribution in [0, 0.1) is 5.92 Å². The lowest BCUT2D eigenvalue weighted by molar-refractivity contribution is 0.393. The summed E-state index contributed by atoms with van der Waals surface area (Å²) in [6.07, 6.45) is 6.51. The average molecular weight is 356 g/mol. The molecular weight excluding hydrogens is 330 g/mol. The Morgan fingerprint density at radius 2 is 2.10 bits per heavy atom. The van der Waals surface area contributed by atoms with Gasteiger partial charge in [0.2, 0.25) is 0 Å². The van der Waals surface area contributed by atoms with Gasteiger partial charge in [-0.05, 0) is 36.8 Å². The zero-order valence-corrected chi connectivity index (χ0v) is 14.9. The third kappa shape index (κ3) is 4.25. The molecule has 0 bridgehead atoms. The third-order valence-corrected chi connectivity index (χ3v) is 6.73. The van der Waals surface area contributed by atoms with Crippen LogP contribution in [-0.4, -0.2) is 11.3 Å². The van der Waals surface area contributed by atoms with Gasteiger partial charge >= 0.3 is 0 Å². The van der Waals surface area contributed by atoms with Gasteiger partial charge in [-0.3, -0.25) is 0 Å². The van der Waals surface area contributed by atoms with Gasteiger partial charge in [-0.1, -0.05) is 60.8 Å². The molecule has 1 aromatic carbocycles. The van der Waals surface area contributed by atoms with E-state index in [1.807, 2.05) is 0 Å². The minimum Gasteiger partial charge on any atom is -0.326 e. The molecule has 1 saturated carbocycles. The summed E-state index contributed by atoms with van der Waals surface area (Å²) in [5, 5.41) is 1.18. The largest absolute Gasteiger partial charge is 0.326 e. The predicted molar refractivity (Wildman–Crippen MR) is 94.2 cm³/mol. The number of thioether (sulfide) groups is 1. The number of benzene rings is 1. The minimum atomic E-state index is 0.232. The highest BCUT2D eigenvalue weighted by Gasteiger charge is 2.27. The van der Waals surface area contributed by atoms with Crippen LogP contribution in [0.25, 0.3) is 0 Å². The summed E-state index contributed by atoms with van der Waals surface area (Å²) in [7, 11) is 0. The lowest BCUT2D eigenvalue weighted by Crippen LogP contribution is -2.28. The Bertz CT molecular complexity index is 423. The maximum Gasteiger partial charge on any atom is 0.0462 e. The minimum absolute atomic E-state index is 0.232. The fraction of sp³-hybridized carbons (Fsp3) is 0.647. The van der Waals surface area contributed by atoms with Crippen molar-refractivity contribution in [1.29, 1.82) is 0 Å². The van der Waals surface area contributed by atoms with Crippen LogP contribution in [0.15, 0.2) is 28.7 Å². The highest BCUT2D eigenvalue weighted by atomic mass is 79.9. The molecule has 20 heavy (non-hydrogen) atoms. The van der Waals surface area contributed by atoms with Gasteiger partial charge in [-0.2, -0.15) is 0 Å². The number of nitrogens with two attached hydrogens (primary N) is 1. The normalized spacial score (nSPS) is 26.2. The summed E-state index contributed by atoms with van der Waals surface area (Å²) in [5.74, 6) is 0.874. The molecule has 112 valence electrons.